The van der Waals surface area contributed by atoms with E-state index < -0.39 is 29.6 Å². The van der Waals surface area contributed by atoms with Crippen LogP contribution in [0.25, 0.3) is 32.7 Å². The quantitative estimate of drug-likeness (QED) is 0.0384. The highest BCUT2D eigenvalue weighted by Gasteiger charge is 2.25. The van der Waals surface area contributed by atoms with Gasteiger partial charge in [-0.3, -0.25) is 10.2 Å². The van der Waals surface area contributed by atoms with Crippen LogP contribution in [0.4, 0.5) is 56.8 Å². The van der Waals surface area contributed by atoms with Crippen molar-refractivity contribution >= 4 is 109 Å². The highest BCUT2D eigenvalue weighted by Crippen LogP contribution is 2.36. The van der Waals surface area contributed by atoms with Gasteiger partial charge in [-0.25, -0.2) is 49.1 Å². The Morgan fingerprint density at radius 3 is 1.25 bits per heavy atom. The molecule has 0 saturated carbocycles. The number of benzene rings is 3. The van der Waals surface area contributed by atoms with Crippen molar-refractivity contribution in [3.63, 3.8) is 0 Å². The molecular formula is C50H56N18O11. The van der Waals surface area contributed by atoms with Crippen LogP contribution in [0.1, 0.15) is 72.6 Å². The molecule has 0 atom stereocenters. The molecule has 0 aliphatic carbocycles. The molecule has 0 amide bonds. The molecule has 0 bridgehead atoms. The van der Waals surface area contributed by atoms with E-state index in [1.165, 1.54) is 32.3 Å². The molecule has 9 rings (SSSR count). The van der Waals surface area contributed by atoms with Gasteiger partial charge in [-0.1, -0.05) is 0 Å². The Kier molecular flexibility index (Phi) is 17.6. The molecule has 11 N–H and O–H groups in total. The predicted octanol–water partition coefficient (Wildman–Crippen LogP) is 6.85. The zero-order chi connectivity index (χ0) is 57.0. The number of carbonyl (C=O) groups excluding carboxylic acids is 4. The highest BCUT2D eigenvalue weighted by atomic mass is 16.6. The van der Waals surface area contributed by atoms with E-state index in [-0.39, 0.29) is 71.4 Å². The van der Waals surface area contributed by atoms with Crippen molar-refractivity contribution in [1.82, 2.24) is 60.1 Å². The molecule has 0 saturated heterocycles. The van der Waals surface area contributed by atoms with Crippen LogP contribution in [0.2, 0.25) is 0 Å². The summed E-state index contributed by atoms with van der Waals surface area (Å²) in [6, 6.07) is 10.6. The van der Waals surface area contributed by atoms with Gasteiger partial charge >= 0.3 is 24.0 Å². The van der Waals surface area contributed by atoms with Crippen molar-refractivity contribution in [3.8, 4) is 17.2 Å². The Bertz CT molecular complexity index is 3520. The number of nitrogen functional groups attached to an aromatic ring is 3. The topological polar surface area (TPSA) is 400 Å². The Balaban J connectivity index is 0.000000174. The number of hydrogen-bond acceptors (Lipinski definition) is 26. The van der Waals surface area contributed by atoms with E-state index in [0.29, 0.717) is 45.2 Å². The van der Waals surface area contributed by atoms with Crippen LogP contribution in [0.3, 0.4) is 0 Å². The fraction of sp³-hybridized carbons (Fsp3) is 0.260. The van der Waals surface area contributed by atoms with Gasteiger partial charge in [0.2, 0.25) is 0 Å². The fourth-order valence-electron chi connectivity index (χ4n) is 7.33. The summed E-state index contributed by atoms with van der Waals surface area (Å²) in [6.07, 6.45) is 8.03. The fourth-order valence-corrected chi connectivity index (χ4v) is 7.33. The van der Waals surface area contributed by atoms with Crippen LogP contribution in [0, 0.1) is 0 Å². The van der Waals surface area contributed by atoms with E-state index in [0.717, 1.165) is 26.5 Å². The molecule has 0 unspecified atom stereocenters. The molecule has 412 valence electrons. The van der Waals surface area contributed by atoms with Crippen LogP contribution in [0.15, 0.2) is 74.0 Å². The van der Waals surface area contributed by atoms with Crippen LogP contribution in [-0.4, -0.2) is 131 Å². The largest absolute Gasteiger partial charge is 0.494 e. The standard InChI is InChI=1S/C20H24N6O5.2C15H16N6O3/c1-6-30-18(27)15-16(21)22-10-23-17(15)25-12-7-11-9-24-26(13(11)8-14(12)29-5)19(28)31-20(2,3)4;2*1-3-24-15(22)12-13(16)17-7-18-14(12)20-10-4-8-6-19-21-9(8)5-11(10)23-2/h7-10H,6H2,1-5H3,(H3,21,22,23,25);2*4-7H,3H2,1-2H3,(H,19,21)(H3,16,17,18,20). The number of H-pyrrole nitrogens is 2. The second-order valence-corrected chi connectivity index (χ2v) is 17.2. The van der Waals surface area contributed by atoms with E-state index >= 15 is 0 Å². The van der Waals surface area contributed by atoms with Gasteiger partial charge in [0.1, 0.15) is 76.0 Å². The number of hydrogen-bond donors (Lipinski definition) is 8. The minimum absolute atomic E-state index is 0.0101. The predicted molar refractivity (Wildman–Crippen MR) is 290 cm³/mol. The summed E-state index contributed by atoms with van der Waals surface area (Å²) in [7, 11) is 4.56. The molecule has 29 nitrogen and oxygen atoms in total. The molecular weight excluding hydrogens is 1030 g/mol. The van der Waals surface area contributed by atoms with Gasteiger partial charge in [0.25, 0.3) is 0 Å². The number of rotatable bonds is 15. The van der Waals surface area contributed by atoms with Crippen LogP contribution in [0.5, 0.6) is 17.2 Å². The van der Waals surface area contributed by atoms with E-state index in [2.05, 4.69) is 71.3 Å². The van der Waals surface area contributed by atoms with Crippen molar-refractivity contribution in [2.75, 3.05) is 74.3 Å². The van der Waals surface area contributed by atoms with Crippen LogP contribution < -0.4 is 47.4 Å². The molecule has 0 aliphatic heterocycles. The van der Waals surface area contributed by atoms with Crippen molar-refractivity contribution in [1.29, 1.82) is 0 Å². The number of aromatic amines is 2. The number of carbonyl (C=O) groups is 4. The second kappa shape index (κ2) is 24.8. The summed E-state index contributed by atoms with van der Waals surface area (Å²) >= 11 is 0. The van der Waals surface area contributed by atoms with Crippen molar-refractivity contribution < 1.29 is 52.3 Å². The second-order valence-electron chi connectivity index (χ2n) is 17.2. The number of nitrogens with one attached hydrogen (secondary N) is 5. The zero-order valence-electron chi connectivity index (χ0n) is 44.2. The first kappa shape index (κ1) is 56.1. The average Bonchev–Trinajstić information content (AvgIpc) is 4.22. The number of methoxy groups -OCH3 is 3. The van der Waals surface area contributed by atoms with E-state index in [9.17, 15) is 19.2 Å². The van der Waals surface area contributed by atoms with Gasteiger partial charge in [0.15, 0.2) is 17.5 Å². The number of esters is 3. The lowest BCUT2D eigenvalue weighted by molar-refractivity contribution is 0.0513. The lowest BCUT2D eigenvalue weighted by Gasteiger charge is -2.19. The zero-order valence-corrected chi connectivity index (χ0v) is 44.2. The van der Waals surface area contributed by atoms with Crippen molar-refractivity contribution in [3.05, 3.63) is 90.7 Å². The first-order chi connectivity index (χ1) is 37.9. The number of nitrogens with two attached hydrogens (primary N) is 3. The van der Waals surface area contributed by atoms with E-state index in [1.807, 2.05) is 12.1 Å². The Morgan fingerprint density at radius 1 is 0.532 bits per heavy atom. The first-order valence-corrected chi connectivity index (χ1v) is 23.9. The van der Waals surface area contributed by atoms with Crippen LogP contribution >= 0.6 is 0 Å². The van der Waals surface area contributed by atoms with Gasteiger partial charge in [-0.15, -0.1) is 0 Å². The summed E-state index contributed by atoms with van der Waals surface area (Å²) in [6.45, 7) is 11.0. The molecule has 9 aromatic rings. The molecule has 3 aromatic carbocycles. The van der Waals surface area contributed by atoms with Gasteiger partial charge in [-0.05, 0) is 59.7 Å². The maximum atomic E-state index is 12.5. The Labute approximate surface area is 449 Å². The summed E-state index contributed by atoms with van der Waals surface area (Å²) in [4.78, 5) is 72.9. The number of ether oxygens (including phenoxy) is 7. The lowest BCUT2D eigenvalue weighted by Crippen LogP contribution is -2.27. The highest BCUT2D eigenvalue weighted by molar-refractivity contribution is 6.02. The first-order valence-electron chi connectivity index (χ1n) is 23.9. The number of anilines is 9. The van der Waals surface area contributed by atoms with Gasteiger partial charge in [-0.2, -0.15) is 20.0 Å². The minimum atomic E-state index is -0.669. The monoisotopic (exact) mass is 1080 g/mol. The van der Waals surface area contributed by atoms with Gasteiger partial charge in [0.05, 0.1) is 93.4 Å². The molecule has 79 heavy (non-hydrogen) atoms. The summed E-state index contributed by atoms with van der Waals surface area (Å²) in [5, 5.41) is 29.3. The molecule has 6 heterocycles. The SMILES string of the molecule is CCOC(=O)c1c(N)ncnc1Nc1cc2cn[nH]c2cc1OC.CCOC(=O)c1c(N)ncnc1Nc1cc2cn[nH]c2cc1OC.CCOC(=O)c1c(N)ncnc1Nc1cc2cnn(C(=O)OC(C)(C)C)c2cc1OC. The maximum absolute atomic E-state index is 12.5. The third-order valence-corrected chi connectivity index (χ3v) is 10.8. The molecule has 6 aromatic heterocycles. The third kappa shape index (κ3) is 13.1. The maximum Gasteiger partial charge on any atom is 0.435 e. The number of aromatic nitrogens is 12. The molecule has 0 radical (unpaired) electrons. The van der Waals surface area contributed by atoms with Gasteiger partial charge < -0.3 is 66.3 Å². The molecule has 0 aliphatic rings. The van der Waals surface area contributed by atoms with Crippen molar-refractivity contribution in [2.24, 2.45) is 0 Å². The van der Waals surface area contributed by atoms with Crippen LogP contribution in [-0.2, 0) is 18.9 Å². The third-order valence-electron chi connectivity index (χ3n) is 10.8. The molecule has 0 spiro atoms. The molecule has 29 heteroatoms. The lowest BCUT2D eigenvalue weighted by atomic mass is 10.2. The average molecular weight is 1090 g/mol. The van der Waals surface area contributed by atoms with Crippen molar-refractivity contribution in [2.45, 2.75) is 47.1 Å². The summed E-state index contributed by atoms with van der Waals surface area (Å²) in [5.74, 6) is 0.329. The molecule has 0 fully saturated rings. The Hall–Kier alpha value is -10.6. The smallest absolute Gasteiger partial charge is 0.435 e. The van der Waals surface area contributed by atoms with Gasteiger partial charge in [0, 0.05) is 34.4 Å². The number of nitrogens with zero attached hydrogens (tertiary/aromatic N) is 10. The Morgan fingerprint density at radius 2 is 0.899 bits per heavy atom. The summed E-state index contributed by atoms with van der Waals surface area (Å²) in [5.41, 5.74) is 20.8. The summed E-state index contributed by atoms with van der Waals surface area (Å²) < 4.78 is 37.8. The van der Waals surface area contributed by atoms with E-state index in [1.54, 1.807) is 92.4 Å². The van der Waals surface area contributed by atoms with E-state index in [4.69, 9.17) is 50.4 Å². The number of fused-ring (bicyclic) bond motifs is 3. The minimum Gasteiger partial charge on any atom is -0.494 e. The normalized spacial score (nSPS) is 10.8.